The van der Waals surface area contributed by atoms with Crippen LogP contribution in [0.25, 0.3) is 5.69 Å². The number of aromatic nitrogens is 3. The number of hydrogen-bond donors (Lipinski definition) is 0. The van der Waals surface area contributed by atoms with Crippen LogP contribution in [0.2, 0.25) is 0 Å². The first kappa shape index (κ1) is 14.9. The number of hydrogen-bond acceptors (Lipinski definition) is 2. The van der Waals surface area contributed by atoms with Crippen LogP contribution in [0.3, 0.4) is 0 Å². The largest absolute Gasteiger partial charge is 0.315 e. The summed E-state index contributed by atoms with van der Waals surface area (Å²) in [6, 6.07) is 2.20. The van der Waals surface area contributed by atoms with Gasteiger partial charge in [0.1, 0.15) is 0 Å². The van der Waals surface area contributed by atoms with Crippen molar-refractivity contribution in [2.24, 2.45) is 0 Å². The van der Waals surface area contributed by atoms with Crippen LogP contribution in [-0.2, 0) is 0 Å². The van der Waals surface area contributed by atoms with Gasteiger partial charge in [0.05, 0.1) is 17.3 Å². The second-order valence-electron chi connectivity index (χ2n) is 5.37. The summed E-state index contributed by atoms with van der Waals surface area (Å²) >= 11 is 5.91. The van der Waals surface area contributed by atoms with Crippen molar-refractivity contribution in [3.63, 3.8) is 0 Å². The molecule has 0 aliphatic rings. The van der Waals surface area contributed by atoms with E-state index in [1.165, 1.54) is 0 Å². The van der Waals surface area contributed by atoms with E-state index in [1.807, 2.05) is 41.6 Å². The maximum absolute atomic E-state index is 12.1. The molecule has 2 aromatic rings. The van der Waals surface area contributed by atoms with Crippen LogP contribution in [0.15, 0.2) is 18.5 Å². The number of Topliss-reactive ketones (excluding diaryl/α,β-unsaturated/α-hetero) is 1. The molecule has 0 bridgehead atoms. The Morgan fingerprint density at radius 3 is 2.45 bits per heavy atom. The summed E-state index contributed by atoms with van der Waals surface area (Å²) < 4.78 is 3.94. The molecule has 108 valence electrons. The molecule has 0 aliphatic carbocycles. The molecular formula is C15H20ClN3O. The zero-order valence-corrected chi connectivity index (χ0v) is 13.3. The van der Waals surface area contributed by atoms with Crippen molar-refractivity contribution >= 4 is 17.4 Å². The minimum absolute atomic E-state index is 0.0396. The van der Waals surface area contributed by atoms with Crippen molar-refractivity contribution in [1.82, 2.24) is 14.3 Å². The molecule has 1 atom stereocenters. The molecule has 0 saturated carbocycles. The lowest BCUT2D eigenvalue weighted by Crippen LogP contribution is -2.11. The molecule has 0 saturated heterocycles. The van der Waals surface area contributed by atoms with Crippen LogP contribution in [0.5, 0.6) is 0 Å². The van der Waals surface area contributed by atoms with E-state index in [0.29, 0.717) is 11.6 Å². The quantitative estimate of drug-likeness (QED) is 0.637. The van der Waals surface area contributed by atoms with Crippen LogP contribution in [0.4, 0.5) is 0 Å². The van der Waals surface area contributed by atoms with Gasteiger partial charge in [0.25, 0.3) is 0 Å². The summed E-state index contributed by atoms with van der Waals surface area (Å²) in [6.07, 6.45) is 3.81. The zero-order chi connectivity index (χ0) is 15.0. The third-order valence-electron chi connectivity index (χ3n) is 3.43. The number of aryl methyl sites for hydroxylation is 1. The molecule has 0 aliphatic heterocycles. The molecule has 0 fully saturated rings. The van der Waals surface area contributed by atoms with Gasteiger partial charge >= 0.3 is 0 Å². The second-order valence-corrected chi connectivity index (χ2v) is 6.03. The topological polar surface area (TPSA) is 39.8 Å². The lowest BCUT2D eigenvalue weighted by molar-refractivity contribution is 0.0991. The summed E-state index contributed by atoms with van der Waals surface area (Å²) in [6.45, 7) is 9.78. The highest BCUT2D eigenvalue weighted by molar-refractivity contribution is 6.33. The van der Waals surface area contributed by atoms with E-state index >= 15 is 0 Å². The van der Waals surface area contributed by atoms with Crippen LogP contribution >= 0.6 is 11.6 Å². The van der Waals surface area contributed by atoms with Crippen molar-refractivity contribution in [3.8, 4) is 5.69 Å². The third-order valence-corrected chi connectivity index (χ3v) is 3.63. The Kier molecular flexibility index (Phi) is 4.04. The Morgan fingerprint density at radius 2 is 1.95 bits per heavy atom. The number of halogens is 1. The molecule has 4 nitrogen and oxygen atoms in total. The zero-order valence-electron chi connectivity index (χ0n) is 12.5. The summed E-state index contributed by atoms with van der Waals surface area (Å²) in [4.78, 5) is 12.1. The van der Waals surface area contributed by atoms with Gasteiger partial charge in [-0.15, -0.1) is 11.6 Å². The first-order valence-electron chi connectivity index (χ1n) is 6.74. The molecule has 5 heteroatoms. The van der Waals surface area contributed by atoms with Crippen LogP contribution < -0.4 is 0 Å². The summed E-state index contributed by atoms with van der Waals surface area (Å²) in [7, 11) is 0. The number of carbonyl (C=O) groups excluding carboxylic acids is 1. The molecule has 0 N–H and O–H groups in total. The average Bonchev–Trinajstić information content (AvgIpc) is 2.93. The van der Waals surface area contributed by atoms with E-state index in [2.05, 4.69) is 18.9 Å². The molecule has 1 unspecified atom stereocenters. The van der Waals surface area contributed by atoms with Gasteiger partial charge in [-0.25, -0.2) is 0 Å². The van der Waals surface area contributed by atoms with Gasteiger partial charge in [-0.1, -0.05) is 0 Å². The summed E-state index contributed by atoms with van der Waals surface area (Å²) in [5.74, 6) is -0.0396. The molecular weight excluding hydrogens is 274 g/mol. The van der Waals surface area contributed by atoms with Gasteiger partial charge in [0.2, 0.25) is 0 Å². The molecule has 20 heavy (non-hydrogen) atoms. The average molecular weight is 294 g/mol. The highest BCUT2D eigenvalue weighted by Crippen LogP contribution is 2.23. The number of carbonyl (C=O) groups is 1. The van der Waals surface area contributed by atoms with Crippen LogP contribution in [0, 0.1) is 13.8 Å². The first-order chi connectivity index (χ1) is 9.32. The van der Waals surface area contributed by atoms with Gasteiger partial charge in [-0.3, -0.25) is 9.48 Å². The maximum Gasteiger partial charge on any atom is 0.182 e. The van der Waals surface area contributed by atoms with E-state index in [9.17, 15) is 4.79 Å². The Labute approximate surface area is 124 Å². The predicted molar refractivity (Wildman–Crippen MR) is 81.1 cm³/mol. The summed E-state index contributed by atoms with van der Waals surface area (Å²) in [5, 5.41) is 3.84. The van der Waals surface area contributed by atoms with E-state index < -0.39 is 5.38 Å². The fourth-order valence-corrected chi connectivity index (χ4v) is 2.47. The molecule has 2 rings (SSSR count). The van der Waals surface area contributed by atoms with Crippen molar-refractivity contribution in [3.05, 3.63) is 35.4 Å². The lowest BCUT2D eigenvalue weighted by atomic mass is 10.1. The highest BCUT2D eigenvalue weighted by atomic mass is 35.5. The van der Waals surface area contributed by atoms with E-state index in [-0.39, 0.29) is 5.78 Å². The number of nitrogens with zero attached hydrogens (tertiary/aromatic N) is 3. The number of alkyl halides is 1. The number of rotatable bonds is 4. The van der Waals surface area contributed by atoms with Crippen molar-refractivity contribution in [2.75, 3.05) is 0 Å². The normalized spacial score (nSPS) is 12.9. The van der Waals surface area contributed by atoms with E-state index in [4.69, 9.17) is 11.6 Å². The molecule has 0 amide bonds. The predicted octanol–water partition coefficient (Wildman–Crippen LogP) is 3.68. The molecule has 2 aromatic heterocycles. The maximum atomic E-state index is 12.1. The third kappa shape index (κ3) is 2.52. The van der Waals surface area contributed by atoms with Gasteiger partial charge in [0, 0.05) is 29.2 Å². The van der Waals surface area contributed by atoms with Crippen LogP contribution in [-0.4, -0.2) is 25.5 Å². The molecule has 0 radical (unpaired) electrons. The van der Waals surface area contributed by atoms with E-state index in [0.717, 1.165) is 17.1 Å². The Balaban J connectivity index is 2.49. The highest BCUT2D eigenvalue weighted by Gasteiger charge is 2.20. The first-order valence-corrected chi connectivity index (χ1v) is 7.18. The fourth-order valence-electron chi connectivity index (χ4n) is 2.35. The smallest absolute Gasteiger partial charge is 0.182 e. The van der Waals surface area contributed by atoms with Gasteiger partial charge in [-0.2, -0.15) is 5.10 Å². The standard InChI is InChI=1S/C15H20ClN3O/c1-9(2)18-8-13(7-17-18)19-10(3)6-14(12(19)5)15(20)11(4)16/h6-9,11H,1-5H3. The van der Waals surface area contributed by atoms with Crippen molar-refractivity contribution < 1.29 is 4.79 Å². The Hall–Kier alpha value is -1.55. The van der Waals surface area contributed by atoms with Crippen molar-refractivity contribution in [2.45, 2.75) is 46.0 Å². The molecule has 2 heterocycles. The van der Waals surface area contributed by atoms with Gasteiger partial charge in [0.15, 0.2) is 5.78 Å². The summed E-state index contributed by atoms with van der Waals surface area (Å²) in [5.41, 5.74) is 3.56. The number of ketones is 1. The van der Waals surface area contributed by atoms with E-state index in [1.54, 1.807) is 6.92 Å². The van der Waals surface area contributed by atoms with Crippen molar-refractivity contribution in [1.29, 1.82) is 0 Å². The monoisotopic (exact) mass is 293 g/mol. The molecule has 0 spiro atoms. The molecule has 0 aromatic carbocycles. The minimum atomic E-state index is -0.512. The minimum Gasteiger partial charge on any atom is -0.315 e. The van der Waals surface area contributed by atoms with Crippen LogP contribution in [0.1, 0.15) is 48.6 Å². The SMILES string of the molecule is Cc1cc(C(=O)C(C)Cl)c(C)n1-c1cnn(C(C)C)c1. The Bertz CT molecular complexity index is 638. The second kappa shape index (κ2) is 5.44. The fraction of sp³-hybridized carbons (Fsp3) is 0.467. The van der Waals surface area contributed by atoms with Gasteiger partial charge < -0.3 is 4.57 Å². The Morgan fingerprint density at radius 1 is 1.30 bits per heavy atom. The lowest BCUT2D eigenvalue weighted by Gasteiger charge is -2.08. The van der Waals surface area contributed by atoms with Gasteiger partial charge in [-0.05, 0) is 40.7 Å².